The number of rotatable bonds is 5. The van der Waals surface area contributed by atoms with Gasteiger partial charge in [0.25, 0.3) is 5.91 Å². The van der Waals surface area contributed by atoms with Crippen molar-refractivity contribution in [2.75, 3.05) is 45.2 Å². The third kappa shape index (κ3) is 4.67. The zero-order valence-electron chi connectivity index (χ0n) is 17.0. The molecule has 1 unspecified atom stereocenters. The molecular weight excluding hydrogens is 418 g/mol. The summed E-state index contributed by atoms with van der Waals surface area (Å²) in [5, 5.41) is 3.13. The summed E-state index contributed by atoms with van der Waals surface area (Å²) in [5.41, 5.74) is 3.85. The van der Waals surface area contributed by atoms with Crippen LogP contribution in [0.15, 0.2) is 40.9 Å². The fourth-order valence-electron chi connectivity index (χ4n) is 3.43. The molecule has 150 valence electrons. The van der Waals surface area contributed by atoms with Crippen LogP contribution in [0.25, 0.3) is 0 Å². The van der Waals surface area contributed by atoms with Gasteiger partial charge in [0.05, 0.1) is 17.6 Å². The lowest BCUT2D eigenvalue weighted by molar-refractivity contribution is 0.0939. The lowest BCUT2D eigenvalue weighted by Gasteiger charge is -2.34. The highest BCUT2D eigenvalue weighted by Gasteiger charge is 2.18. The lowest BCUT2D eigenvalue weighted by atomic mass is 10.0. The summed E-state index contributed by atoms with van der Waals surface area (Å²) < 4.78 is 6.16. The number of amides is 1. The molecule has 1 heterocycles. The van der Waals surface area contributed by atoms with Crippen molar-refractivity contribution in [3.63, 3.8) is 0 Å². The standard InChI is InChI=1S/C22H28BrN3O2/c1-15-5-7-18(26-11-9-25(3)10-12-26)14-19(15)22(27)24-16(2)17-6-8-21(28-4)20(23)13-17/h5-8,13-14,16H,9-12H2,1-4H3,(H,24,27). The molecule has 2 aromatic carbocycles. The van der Waals surface area contributed by atoms with Gasteiger partial charge in [-0.15, -0.1) is 0 Å². The van der Waals surface area contributed by atoms with Gasteiger partial charge >= 0.3 is 0 Å². The molecule has 6 heteroatoms. The van der Waals surface area contributed by atoms with Crippen molar-refractivity contribution < 1.29 is 9.53 Å². The number of carbonyl (C=O) groups is 1. The molecule has 0 saturated carbocycles. The van der Waals surface area contributed by atoms with Crippen LogP contribution < -0.4 is 15.0 Å². The fourth-order valence-corrected chi connectivity index (χ4v) is 3.98. The van der Waals surface area contributed by atoms with Crippen molar-refractivity contribution in [3.05, 3.63) is 57.6 Å². The van der Waals surface area contributed by atoms with Crippen molar-refractivity contribution in [1.82, 2.24) is 10.2 Å². The van der Waals surface area contributed by atoms with E-state index in [4.69, 9.17) is 4.74 Å². The molecule has 0 bridgehead atoms. The third-order valence-corrected chi connectivity index (χ3v) is 5.98. The second-order valence-corrected chi connectivity index (χ2v) is 8.23. The molecule has 0 aliphatic carbocycles. The van der Waals surface area contributed by atoms with Crippen LogP contribution >= 0.6 is 15.9 Å². The maximum absolute atomic E-state index is 13.0. The topological polar surface area (TPSA) is 44.8 Å². The first kappa shape index (κ1) is 20.7. The Morgan fingerprint density at radius 2 is 1.86 bits per heavy atom. The Balaban J connectivity index is 1.74. The lowest BCUT2D eigenvalue weighted by Crippen LogP contribution is -2.44. The number of nitrogens with one attached hydrogen (secondary N) is 1. The Hall–Kier alpha value is -2.05. The van der Waals surface area contributed by atoms with Gasteiger partial charge in [0.2, 0.25) is 0 Å². The molecule has 28 heavy (non-hydrogen) atoms. The smallest absolute Gasteiger partial charge is 0.252 e. The van der Waals surface area contributed by atoms with Crippen LogP contribution in [0.5, 0.6) is 5.75 Å². The first-order chi connectivity index (χ1) is 13.4. The number of nitrogens with zero attached hydrogens (tertiary/aromatic N) is 2. The number of carbonyl (C=O) groups excluding carboxylic acids is 1. The van der Waals surface area contributed by atoms with Gasteiger partial charge in [0, 0.05) is 37.4 Å². The summed E-state index contributed by atoms with van der Waals surface area (Å²) in [6.45, 7) is 8.02. The zero-order chi connectivity index (χ0) is 20.3. The summed E-state index contributed by atoms with van der Waals surface area (Å²) in [5.74, 6) is 0.728. The Morgan fingerprint density at radius 3 is 2.50 bits per heavy atom. The van der Waals surface area contributed by atoms with Crippen LogP contribution in [-0.2, 0) is 0 Å². The van der Waals surface area contributed by atoms with Crippen LogP contribution in [0, 0.1) is 6.92 Å². The van der Waals surface area contributed by atoms with Gasteiger partial charge < -0.3 is 19.9 Å². The maximum Gasteiger partial charge on any atom is 0.252 e. The Kier molecular flexibility index (Phi) is 6.62. The van der Waals surface area contributed by atoms with Gasteiger partial charge in [0.1, 0.15) is 5.75 Å². The highest BCUT2D eigenvalue weighted by atomic mass is 79.9. The van der Waals surface area contributed by atoms with E-state index >= 15 is 0 Å². The van der Waals surface area contributed by atoms with Crippen LogP contribution in [0.4, 0.5) is 5.69 Å². The molecule has 0 aromatic heterocycles. The molecule has 1 fully saturated rings. The van der Waals surface area contributed by atoms with E-state index in [0.29, 0.717) is 0 Å². The first-order valence-corrected chi connectivity index (χ1v) is 10.4. The van der Waals surface area contributed by atoms with Crippen molar-refractivity contribution in [2.24, 2.45) is 0 Å². The molecule has 3 rings (SSSR count). The number of methoxy groups -OCH3 is 1. The summed E-state index contributed by atoms with van der Waals surface area (Å²) >= 11 is 3.51. The monoisotopic (exact) mass is 445 g/mol. The van der Waals surface area contributed by atoms with Crippen molar-refractivity contribution in [3.8, 4) is 5.75 Å². The number of halogens is 1. The molecule has 5 nitrogen and oxygen atoms in total. The molecule has 1 aliphatic heterocycles. The maximum atomic E-state index is 13.0. The quantitative estimate of drug-likeness (QED) is 0.754. The van der Waals surface area contributed by atoms with Gasteiger partial charge in [-0.3, -0.25) is 4.79 Å². The van der Waals surface area contributed by atoms with E-state index in [1.807, 2.05) is 44.2 Å². The number of piperazine rings is 1. The van der Waals surface area contributed by atoms with E-state index in [1.54, 1.807) is 7.11 Å². The number of aryl methyl sites for hydroxylation is 1. The molecule has 2 aromatic rings. The number of hydrogen-bond donors (Lipinski definition) is 1. The third-order valence-electron chi connectivity index (χ3n) is 5.36. The minimum Gasteiger partial charge on any atom is -0.496 e. The molecule has 1 atom stereocenters. The summed E-state index contributed by atoms with van der Waals surface area (Å²) in [7, 11) is 3.78. The minimum atomic E-state index is -0.110. The van der Waals surface area contributed by atoms with Crippen molar-refractivity contribution in [2.45, 2.75) is 19.9 Å². The van der Waals surface area contributed by atoms with Crippen LogP contribution in [0.1, 0.15) is 34.5 Å². The normalized spacial score (nSPS) is 16.0. The fraction of sp³-hybridized carbons (Fsp3) is 0.409. The number of benzene rings is 2. The van der Waals surface area contributed by atoms with Gasteiger partial charge in [-0.05, 0) is 72.2 Å². The predicted octanol–water partition coefficient (Wildman–Crippen LogP) is 4.01. The Bertz CT molecular complexity index is 848. The van der Waals surface area contributed by atoms with E-state index in [-0.39, 0.29) is 11.9 Å². The number of anilines is 1. The molecule has 1 aliphatic rings. The summed E-state index contributed by atoms with van der Waals surface area (Å²) in [4.78, 5) is 17.6. The van der Waals surface area contributed by atoms with Gasteiger partial charge in [-0.25, -0.2) is 0 Å². The molecule has 0 spiro atoms. The molecule has 1 amide bonds. The van der Waals surface area contributed by atoms with Gasteiger partial charge in [-0.1, -0.05) is 12.1 Å². The summed E-state index contributed by atoms with van der Waals surface area (Å²) in [6.07, 6.45) is 0. The van der Waals surface area contributed by atoms with E-state index in [2.05, 4.69) is 44.2 Å². The average molecular weight is 446 g/mol. The highest BCUT2D eigenvalue weighted by Crippen LogP contribution is 2.28. The highest BCUT2D eigenvalue weighted by molar-refractivity contribution is 9.10. The number of likely N-dealkylation sites (N-methyl/N-ethyl adjacent to an activating group) is 1. The van der Waals surface area contributed by atoms with Crippen LogP contribution in [0.3, 0.4) is 0 Å². The van der Waals surface area contributed by atoms with Crippen LogP contribution in [0.2, 0.25) is 0 Å². The van der Waals surface area contributed by atoms with E-state index in [1.165, 1.54) is 0 Å². The largest absolute Gasteiger partial charge is 0.496 e. The summed E-state index contributed by atoms with van der Waals surface area (Å²) in [6, 6.07) is 11.9. The molecular formula is C22H28BrN3O2. The van der Waals surface area contributed by atoms with Crippen LogP contribution in [-0.4, -0.2) is 51.1 Å². The Morgan fingerprint density at radius 1 is 1.14 bits per heavy atom. The molecule has 1 N–H and O–H groups in total. The number of ether oxygens (including phenoxy) is 1. The van der Waals surface area contributed by atoms with Crippen molar-refractivity contribution in [1.29, 1.82) is 0 Å². The van der Waals surface area contributed by atoms with Crippen molar-refractivity contribution >= 4 is 27.5 Å². The zero-order valence-corrected chi connectivity index (χ0v) is 18.5. The predicted molar refractivity (Wildman–Crippen MR) is 117 cm³/mol. The van der Waals surface area contributed by atoms with E-state index in [0.717, 1.165) is 58.8 Å². The Labute approximate surface area is 175 Å². The minimum absolute atomic E-state index is 0.0482. The molecule has 0 radical (unpaired) electrons. The van der Waals surface area contributed by atoms with E-state index < -0.39 is 0 Å². The van der Waals surface area contributed by atoms with Gasteiger partial charge in [-0.2, -0.15) is 0 Å². The second-order valence-electron chi connectivity index (χ2n) is 7.38. The van der Waals surface area contributed by atoms with E-state index in [9.17, 15) is 4.79 Å². The SMILES string of the molecule is COc1ccc(C(C)NC(=O)c2cc(N3CCN(C)CC3)ccc2C)cc1Br. The average Bonchev–Trinajstić information content (AvgIpc) is 2.68. The number of hydrogen-bond acceptors (Lipinski definition) is 4. The van der Waals surface area contributed by atoms with Gasteiger partial charge in [0.15, 0.2) is 0 Å². The second kappa shape index (κ2) is 8.97. The first-order valence-electron chi connectivity index (χ1n) is 9.57. The molecule has 1 saturated heterocycles.